The SMILES string of the molecule is CC(CC(C)Oc1ccccc1[N+](=O)[O-])Oc1ccccc1. The molecule has 0 fully saturated rings. The Morgan fingerprint density at radius 3 is 2.23 bits per heavy atom. The standard InChI is InChI=1S/C17H19NO4/c1-13(21-15-8-4-3-5-9-15)12-14(2)22-17-11-7-6-10-16(17)18(19)20/h3-11,13-14H,12H2,1-2H3. The summed E-state index contributed by atoms with van der Waals surface area (Å²) in [5, 5.41) is 11.0. The quantitative estimate of drug-likeness (QED) is 0.567. The maximum atomic E-state index is 11.0. The fourth-order valence-corrected chi connectivity index (χ4v) is 2.22. The molecule has 0 amide bonds. The summed E-state index contributed by atoms with van der Waals surface area (Å²) in [5.41, 5.74) is -0.0222. The first-order chi connectivity index (χ1) is 10.6. The minimum absolute atomic E-state index is 0.0222. The van der Waals surface area contributed by atoms with Crippen molar-refractivity contribution in [2.45, 2.75) is 32.5 Å². The fourth-order valence-electron chi connectivity index (χ4n) is 2.22. The molecule has 2 aromatic rings. The van der Waals surface area contributed by atoms with E-state index in [0.29, 0.717) is 6.42 Å². The molecule has 0 saturated heterocycles. The number of nitro groups is 1. The van der Waals surface area contributed by atoms with E-state index >= 15 is 0 Å². The van der Waals surface area contributed by atoms with E-state index in [-0.39, 0.29) is 23.6 Å². The summed E-state index contributed by atoms with van der Waals surface area (Å²) >= 11 is 0. The van der Waals surface area contributed by atoms with Crippen molar-refractivity contribution in [1.82, 2.24) is 0 Å². The zero-order valence-corrected chi connectivity index (χ0v) is 12.6. The molecule has 2 rings (SSSR count). The van der Waals surface area contributed by atoms with Gasteiger partial charge in [-0.15, -0.1) is 0 Å². The van der Waals surface area contributed by atoms with Gasteiger partial charge in [-0.05, 0) is 32.0 Å². The Hall–Kier alpha value is -2.56. The number of rotatable bonds is 7. The Morgan fingerprint density at radius 2 is 1.55 bits per heavy atom. The van der Waals surface area contributed by atoms with Gasteiger partial charge in [0.15, 0.2) is 5.75 Å². The number of hydrogen-bond donors (Lipinski definition) is 0. The highest BCUT2D eigenvalue weighted by Gasteiger charge is 2.18. The molecule has 0 N–H and O–H groups in total. The molecule has 0 radical (unpaired) electrons. The lowest BCUT2D eigenvalue weighted by Gasteiger charge is -2.20. The van der Waals surface area contributed by atoms with Crippen LogP contribution in [0, 0.1) is 10.1 Å². The van der Waals surface area contributed by atoms with E-state index in [1.54, 1.807) is 18.2 Å². The molecule has 2 aromatic carbocycles. The van der Waals surface area contributed by atoms with Crippen molar-refractivity contribution in [3.63, 3.8) is 0 Å². The van der Waals surface area contributed by atoms with Gasteiger partial charge in [0.25, 0.3) is 0 Å². The molecule has 5 heteroatoms. The monoisotopic (exact) mass is 301 g/mol. The molecule has 0 spiro atoms. The molecule has 2 unspecified atom stereocenters. The average molecular weight is 301 g/mol. The number of nitro benzene ring substituents is 1. The second-order valence-electron chi connectivity index (χ2n) is 5.13. The summed E-state index contributed by atoms with van der Waals surface area (Å²) in [5.74, 6) is 1.08. The van der Waals surface area contributed by atoms with E-state index in [1.165, 1.54) is 6.07 Å². The fraction of sp³-hybridized carbons (Fsp3) is 0.294. The zero-order chi connectivity index (χ0) is 15.9. The van der Waals surface area contributed by atoms with Crippen LogP contribution in [0.25, 0.3) is 0 Å². The molecule has 0 bridgehead atoms. The minimum atomic E-state index is -0.439. The summed E-state index contributed by atoms with van der Waals surface area (Å²) in [6.45, 7) is 3.83. The largest absolute Gasteiger partial charge is 0.491 e. The third kappa shape index (κ3) is 4.48. The molecule has 116 valence electrons. The molecule has 2 atom stereocenters. The zero-order valence-electron chi connectivity index (χ0n) is 12.6. The number of benzene rings is 2. The van der Waals surface area contributed by atoms with Crippen LogP contribution in [-0.4, -0.2) is 17.1 Å². The van der Waals surface area contributed by atoms with Crippen LogP contribution in [0.1, 0.15) is 20.3 Å². The summed E-state index contributed by atoms with van der Waals surface area (Å²) < 4.78 is 11.5. The van der Waals surface area contributed by atoms with Gasteiger partial charge in [0.05, 0.1) is 17.1 Å². The minimum Gasteiger partial charge on any atom is -0.491 e. The molecule has 0 saturated carbocycles. The third-order valence-electron chi connectivity index (χ3n) is 3.13. The van der Waals surface area contributed by atoms with Crippen LogP contribution < -0.4 is 9.47 Å². The highest BCUT2D eigenvalue weighted by Crippen LogP contribution is 2.27. The van der Waals surface area contributed by atoms with E-state index in [4.69, 9.17) is 9.47 Å². The van der Waals surface area contributed by atoms with Gasteiger partial charge in [-0.3, -0.25) is 10.1 Å². The molecule has 0 aromatic heterocycles. The highest BCUT2D eigenvalue weighted by molar-refractivity contribution is 5.45. The van der Waals surface area contributed by atoms with Crippen LogP contribution in [0.4, 0.5) is 5.69 Å². The average Bonchev–Trinajstić information content (AvgIpc) is 2.48. The van der Waals surface area contributed by atoms with Gasteiger partial charge in [0.2, 0.25) is 0 Å². The maximum absolute atomic E-state index is 11.0. The van der Waals surface area contributed by atoms with Crippen LogP contribution in [0.2, 0.25) is 0 Å². The topological polar surface area (TPSA) is 61.6 Å². The van der Waals surface area contributed by atoms with Gasteiger partial charge >= 0.3 is 5.69 Å². The Bertz CT molecular complexity index is 615. The van der Waals surface area contributed by atoms with Gasteiger partial charge < -0.3 is 9.47 Å². The summed E-state index contributed by atoms with van der Waals surface area (Å²) in [7, 11) is 0. The van der Waals surface area contributed by atoms with Crippen LogP contribution in [0.3, 0.4) is 0 Å². The number of nitrogens with zero attached hydrogens (tertiary/aromatic N) is 1. The Kier molecular flexibility index (Phi) is 5.36. The lowest BCUT2D eigenvalue weighted by Crippen LogP contribution is -2.23. The normalized spacial score (nSPS) is 13.2. The van der Waals surface area contributed by atoms with E-state index in [1.807, 2.05) is 44.2 Å². The highest BCUT2D eigenvalue weighted by atomic mass is 16.6. The predicted molar refractivity (Wildman–Crippen MR) is 84.3 cm³/mol. The van der Waals surface area contributed by atoms with Crippen molar-refractivity contribution in [3.8, 4) is 11.5 Å². The summed E-state index contributed by atoms with van der Waals surface area (Å²) in [6.07, 6.45) is 0.376. The van der Waals surface area contributed by atoms with Crippen molar-refractivity contribution >= 4 is 5.69 Å². The smallest absolute Gasteiger partial charge is 0.310 e. The van der Waals surface area contributed by atoms with Crippen LogP contribution in [0.15, 0.2) is 54.6 Å². The Morgan fingerprint density at radius 1 is 0.955 bits per heavy atom. The van der Waals surface area contributed by atoms with Crippen molar-refractivity contribution in [1.29, 1.82) is 0 Å². The lowest BCUT2D eigenvalue weighted by atomic mass is 10.2. The molecular weight excluding hydrogens is 282 g/mol. The van der Waals surface area contributed by atoms with Crippen molar-refractivity contribution in [3.05, 3.63) is 64.7 Å². The number of ether oxygens (including phenoxy) is 2. The molecule has 0 aliphatic carbocycles. The molecule has 5 nitrogen and oxygen atoms in total. The molecule has 0 aliphatic rings. The first kappa shape index (κ1) is 15.8. The first-order valence-corrected chi connectivity index (χ1v) is 7.18. The predicted octanol–water partition coefficient (Wildman–Crippen LogP) is 4.22. The number of hydrogen-bond acceptors (Lipinski definition) is 4. The van der Waals surface area contributed by atoms with Crippen molar-refractivity contribution < 1.29 is 14.4 Å². The molecule has 22 heavy (non-hydrogen) atoms. The maximum Gasteiger partial charge on any atom is 0.310 e. The van der Waals surface area contributed by atoms with E-state index < -0.39 is 4.92 Å². The third-order valence-corrected chi connectivity index (χ3v) is 3.13. The first-order valence-electron chi connectivity index (χ1n) is 7.18. The van der Waals surface area contributed by atoms with Crippen molar-refractivity contribution in [2.75, 3.05) is 0 Å². The van der Waals surface area contributed by atoms with Gasteiger partial charge in [0.1, 0.15) is 5.75 Å². The second kappa shape index (κ2) is 7.45. The van der Waals surface area contributed by atoms with Crippen LogP contribution in [0.5, 0.6) is 11.5 Å². The van der Waals surface area contributed by atoms with Gasteiger partial charge in [0, 0.05) is 12.5 Å². The van der Waals surface area contributed by atoms with Gasteiger partial charge in [-0.25, -0.2) is 0 Å². The van der Waals surface area contributed by atoms with E-state index in [2.05, 4.69) is 0 Å². The summed E-state index contributed by atoms with van der Waals surface area (Å²) in [4.78, 5) is 10.5. The number of para-hydroxylation sites is 3. The lowest BCUT2D eigenvalue weighted by molar-refractivity contribution is -0.386. The molecular formula is C17H19NO4. The molecule has 0 heterocycles. The van der Waals surface area contributed by atoms with Crippen molar-refractivity contribution in [2.24, 2.45) is 0 Å². The summed E-state index contributed by atoms with van der Waals surface area (Å²) in [6, 6.07) is 15.9. The van der Waals surface area contributed by atoms with Crippen LogP contribution in [-0.2, 0) is 0 Å². The second-order valence-corrected chi connectivity index (χ2v) is 5.13. The van der Waals surface area contributed by atoms with E-state index in [9.17, 15) is 10.1 Å². The van der Waals surface area contributed by atoms with Gasteiger partial charge in [-0.1, -0.05) is 30.3 Å². The Balaban J connectivity index is 1.93. The van der Waals surface area contributed by atoms with Gasteiger partial charge in [-0.2, -0.15) is 0 Å². The van der Waals surface area contributed by atoms with E-state index in [0.717, 1.165) is 5.75 Å². The molecule has 0 aliphatic heterocycles. The van der Waals surface area contributed by atoms with Crippen LogP contribution >= 0.6 is 0 Å². The Labute approximate surface area is 129 Å².